The Labute approximate surface area is 121 Å². The van der Waals surface area contributed by atoms with E-state index in [2.05, 4.69) is 31.2 Å². The third kappa shape index (κ3) is 3.40. The summed E-state index contributed by atoms with van der Waals surface area (Å²) >= 11 is 0. The fraction of sp³-hybridized carbons (Fsp3) is 0.333. The van der Waals surface area contributed by atoms with Crippen LogP contribution in [-0.4, -0.2) is 5.11 Å². The molecule has 0 aliphatic rings. The number of ether oxygens (including phenoxy) is 1. The second kappa shape index (κ2) is 6.58. The average Bonchev–Trinajstić information content (AvgIpc) is 2.46. The van der Waals surface area contributed by atoms with Crippen molar-refractivity contribution in [2.75, 3.05) is 0 Å². The number of hydrogen-bond acceptors (Lipinski definition) is 2. The lowest BCUT2D eigenvalue weighted by Gasteiger charge is -2.16. The molecule has 2 heteroatoms. The number of aliphatic hydroxyl groups is 1. The van der Waals surface area contributed by atoms with Crippen LogP contribution in [0.25, 0.3) is 0 Å². The molecule has 1 unspecified atom stereocenters. The third-order valence-electron chi connectivity index (χ3n) is 3.51. The molecule has 0 saturated carbocycles. The van der Waals surface area contributed by atoms with Gasteiger partial charge in [-0.3, -0.25) is 0 Å². The molecule has 2 aromatic rings. The highest BCUT2D eigenvalue weighted by atomic mass is 16.5. The topological polar surface area (TPSA) is 29.5 Å². The number of aryl methyl sites for hydroxylation is 2. The third-order valence-corrected chi connectivity index (χ3v) is 3.51. The van der Waals surface area contributed by atoms with Crippen molar-refractivity contribution in [1.29, 1.82) is 0 Å². The maximum atomic E-state index is 9.81. The van der Waals surface area contributed by atoms with Crippen LogP contribution < -0.4 is 4.74 Å². The van der Waals surface area contributed by atoms with E-state index < -0.39 is 6.10 Å². The van der Waals surface area contributed by atoms with Crippen LogP contribution in [0.2, 0.25) is 0 Å². The second-order valence-corrected chi connectivity index (χ2v) is 5.13. The molecule has 0 bridgehead atoms. The molecule has 106 valence electrons. The molecule has 2 nitrogen and oxygen atoms in total. The van der Waals surface area contributed by atoms with Gasteiger partial charge in [0.2, 0.25) is 0 Å². The van der Waals surface area contributed by atoms with Gasteiger partial charge in [-0.05, 0) is 37.0 Å². The Kier molecular flexibility index (Phi) is 4.80. The SMILES string of the molecule is CCc1ccc(COc2c(C)cccc2C(C)O)cc1. The largest absolute Gasteiger partial charge is 0.488 e. The molecule has 2 aromatic carbocycles. The van der Waals surface area contributed by atoms with Crippen molar-refractivity contribution in [2.45, 2.75) is 39.9 Å². The van der Waals surface area contributed by atoms with E-state index in [9.17, 15) is 5.11 Å². The van der Waals surface area contributed by atoms with Gasteiger partial charge in [-0.25, -0.2) is 0 Å². The molecule has 0 radical (unpaired) electrons. The van der Waals surface area contributed by atoms with E-state index in [1.54, 1.807) is 6.92 Å². The molecule has 0 aromatic heterocycles. The molecule has 0 aliphatic carbocycles. The summed E-state index contributed by atoms with van der Waals surface area (Å²) in [6.07, 6.45) is 0.526. The summed E-state index contributed by atoms with van der Waals surface area (Å²) in [5.74, 6) is 0.794. The first kappa shape index (κ1) is 14.6. The lowest BCUT2D eigenvalue weighted by Crippen LogP contribution is -2.02. The molecule has 20 heavy (non-hydrogen) atoms. The van der Waals surface area contributed by atoms with Crippen molar-refractivity contribution in [2.24, 2.45) is 0 Å². The van der Waals surface area contributed by atoms with Crippen molar-refractivity contribution in [3.05, 3.63) is 64.7 Å². The number of aliphatic hydroxyl groups excluding tert-OH is 1. The van der Waals surface area contributed by atoms with Gasteiger partial charge < -0.3 is 9.84 Å². The Morgan fingerprint density at radius 3 is 2.30 bits per heavy atom. The Bertz CT molecular complexity index is 556. The van der Waals surface area contributed by atoms with Crippen molar-refractivity contribution in [3.8, 4) is 5.75 Å². The molecule has 1 atom stereocenters. The normalized spacial score (nSPS) is 12.2. The highest BCUT2D eigenvalue weighted by Crippen LogP contribution is 2.29. The Morgan fingerprint density at radius 2 is 1.70 bits per heavy atom. The van der Waals surface area contributed by atoms with Gasteiger partial charge in [-0.1, -0.05) is 49.4 Å². The molecule has 0 amide bonds. The second-order valence-electron chi connectivity index (χ2n) is 5.13. The quantitative estimate of drug-likeness (QED) is 0.882. The first-order valence-electron chi connectivity index (χ1n) is 7.10. The minimum atomic E-state index is -0.521. The van der Waals surface area contributed by atoms with Crippen molar-refractivity contribution >= 4 is 0 Å². The molecular weight excluding hydrogens is 248 g/mol. The van der Waals surface area contributed by atoms with Crippen LogP contribution in [0, 0.1) is 6.92 Å². The highest BCUT2D eigenvalue weighted by Gasteiger charge is 2.11. The smallest absolute Gasteiger partial charge is 0.128 e. The van der Waals surface area contributed by atoms with E-state index in [0.29, 0.717) is 6.61 Å². The number of para-hydroxylation sites is 1. The molecule has 0 saturated heterocycles. The maximum Gasteiger partial charge on any atom is 0.128 e. The van der Waals surface area contributed by atoms with Gasteiger partial charge in [0.25, 0.3) is 0 Å². The molecular formula is C18H22O2. The van der Waals surface area contributed by atoms with Crippen molar-refractivity contribution in [1.82, 2.24) is 0 Å². The zero-order chi connectivity index (χ0) is 14.5. The summed E-state index contributed by atoms with van der Waals surface area (Å²) in [5.41, 5.74) is 4.36. The zero-order valence-corrected chi connectivity index (χ0v) is 12.4. The predicted octanol–water partition coefficient (Wildman–Crippen LogP) is 4.19. The van der Waals surface area contributed by atoms with E-state index in [0.717, 1.165) is 28.9 Å². The van der Waals surface area contributed by atoms with Crippen LogP contribution in [0.5, 0.6) is 5.75 Å². The van der Waals surface area contributed by atoms with Gasteiger partial charge >= 0.3 is 0 Å². The minimum Gasteiger partial charge on any atom is -0.488 e. The summed E-state index contributed by atoms with van der Waals surface area (Å²) in [6, 6.07) is 14.3. The van der Waals surface area contributed by atoms with Crippen molar-refractivity contribution < 1.29 is 9.84 Å². The average molecular weight is 270 g/mol. The molecule has 0 fully saturated rings. The van der Waals surface area contributed by atoms with Crippen molar-refractivity contribution in [3.63, 3.8) is 0 Å². The van der Waals surface area contributed by atoms with E-state index in [-0.39, 0.29) is 0 Å². The van der Waals surface area contributed by atoms with Crippen LogP contribution in [0.15, 0.2) is 42.5 Å². The minimum absolute atomic E-state index is 0.521. The first-order valence-corrected chi connectivity index (χ1v) is 7.10. The van der Waals surface area contributed by atoms with Crippen LogP contribution >= 0.6 is 0 Å². The fourth-order valence-corrected chi connectivity index (χ4v) is 2.23. The summed E-state index contributed by atoms with van der Waals surface area (Å²) in [5, 5.41) is 9.81. The zero-order valence-electron chi connectivity index (χ0n) is 12.4. The lowest BCUT2D eigenvalue weighted by molar-refractivity contribution is 0.189. The van der Waals surface area contributed by atoms with Gasteiger partial charge in [0, 0.05) is 5.56 Å². The fourth-order valence-electron chi connectivity index (χ4n) is 2.23. The molecule has 1 N–H and O–H groups in total. The van der Waals surface area contributed by atoms with Crippen LogP contribution in [-0.2, 0) is 13.0 Å². The van der Waals surface area contributed by atoms with Gasteiger partial charge in [0.1, 0.15) is 12.4 Å². The maximum absolute atomic E-state index is 9.81. The Morgan fingerprint density at radius 1 is 1.05 bits per heavy atom. The van der Waals surface area contributed by atoms with E-state index in [1.807, 2.05) is 25.1 Å². The highest BCUT2D eigenvalue weighted by molar-refractivity contribution is 5.42. The summed E-state index contributed by atoms with van der Waals surface area (Å²) < 4.78 is 5.93. The molecule has 0 heterocycles. The summed E-state index contributed by atoms with van der Waals surface area (Å²) in [7, 11) is 0. The van der Waals surface area contributed by atoms with Crippen LogP contribution in [0.3, 0.4) is 0 Å². The monoisotopic (exact) mass is 270 g/mol. The van der Waals surface area contributed by atoms with Gasteiger partial charge in [-0.15, -0.1) is 0 Å². The summed E-state index contributed by atoms with van der Waals surface area (Å²) in [4.78, 5) is 0. The van der Waals surface area contributed by atoms with Crippen LogP contribution in [0.1, 0.15) is 42.2 Å². The standard InChI is InChI=1S/C18H22O2/c1-4-15-8-10-16(11-9-15)12-20-18-13(2)6-5-7-17(18)14(3)19/h5-11,14,19H,4,12H2,1-3H3. The van der Waals surface area contributed by atoms with Gasteiger partial charge in [-0.2, -0.15) is 0 Å². The first-order chi connectivity index (χ1) is 9.61. The van der Waals surface area contributed by atoms with E-state index in [1.165, 1.54) is 5.56 Å². The van der Waals surface area contributed by atoms with Gasteiger partial charge in [0.15, 0.2) is 0 Å². The molecule has 0 aliphatic heterocycles. The van der Waals surface area contributed by atoms with E-state index >= 15 is 0 Å². The van der Waals surface area contributed by atoms with Gasteiger partial charge in [0.05, 0.1) is 6.10 Å². The predicted molar refractivity (Wildman–Crippen MR) is 82.0 cm³/mol. The number of hydrogen-bond donors (Lipinski definition) is 1. The van der Waals surface area contributed by atoms with E-state index in [4.69, 9.17) is 4.74 Å². The Hall–Kier alpha value is -1.80. The molecule has 0 spiro atoms. The summed E-state index contributed by atoms with van der Waals surface area (Å²) in [6.45, 7) is 6.43. The lowest BCUT2D eigenvalue weighted by atomic mass is 10.1. The number of benzene rings is 2. The van der Waals surface area contributed by atoms with Crippen LogP contribution in [0.4, 0.5) is 0 Å². The Balaban J connectivity index is 2.13. The molecule has 2 rings (SSSR count). The number of rotatable bonds is 5.